The molecule has 0 saturated heterocycles. The first kappa shape index (κ1) is 13.7. The Hall–Kier alpha value is -1.70. The van der Waals surface area contributed by atoms with E-state index in [0.29, 0.717) is 11.8 Å². The Balaban J connectivity index is 1.90. The zero-order valence-electron chi connectivity index (χ0n) is 12.0. The van der Waals surface area contributed by atoms with Crippen molar-refractivity contribution in [3.8, 4) is 0 Å². The standard InChI is InChI=1S/C17H22N2/c1-13(16-10-9-15(3)19-12-16)7-8-14(2)17-6-4-5-11-18-17/h4-6,9-14H,7-8H2,1-3H3. The van der Waals surface area contributed by atoms with Crippen molar-refractivity contribution in [2.75, 3.05) is 0 Å². The van der Waals surface area contributed by atoms with Crippen molar-refractivity contribution in [3.05, 3.63) is 59.7 Å². The number of aryl methyl sites for hydroxylation is 1. The fourth-order valence-corrected chi connectivity index (χ4v) is 2.25. The van der Waals surface area contributed by atoms with E-state index in [-0.39, 0.29) is 0 Å². The highest BCUT2D eigenvalue weighted by Crippen LogP contribution is 2.26. The predicted octanol–water partition coefficient (Wildman–Crippen LogP) is 4.47. The van der Waals surface area contributed by atoms with Crippen LogP contribution in [0.4, 0.5) is 0 Å². The molecule has 0 aliphatic heterocycles. The highest BCUT2D eigenvalue weighted by atomic mass is 14.7. The van der Waals surface area contributed by atoms with E-state index in [4.69, 9.17) is 0 Å². The van der Waals surface area contributed by atoms with Crippen LogP contribution in [0.15, 0.2) is 42.7 Å². The van der Waals surface area contributed by atoms with Crippen molar-refractivity contribution >= 4 is 0 Å². The van der Waals surface area contributed by atoms with Crippen molar-refractivity contribution in [2.45, 2.75) is 45.4 Å². The number of aromatic nitrogens is 2. The molecule has 0 N–H and O–H groups in total. The average molecular weight is 254 g/mol. The molecule has 0 bridgehead atoms. The Morgan fingerprint density at radius 2 is 1.74 bits per heavy atom. The maximum atomic E-state index is 4.43. The SMILES string of the molecule is Cc1ccc(C(C)CCC(C)c2ccccn2)cn1. The fraction of sp³-hybridized carbons (Fsp3) is 0.412. The third-order valence-electron chi connectivity index (χ3n) is 3.73. The molecule has 2 atom stereocenters. The molecule has 19 heavy (non-hydrogen) atoms. The maximum absolute atomic E-state index is 4.43. The lowest BCUT2D eigenvalue weighted by atomic mass is 9.92. The quantitative estimate of drug-likeness (QED) is 0.786. The second-order valence-corrected chi connectivity index (χ2v) is 5.37. The molecular formula is C17H22N2. The van der Waals surface area contributed by atoms with Crippen LogP contribution in [0, 0.1) is 6.92 Å². The fourth-order valence-electron chi connectivity index (χ4n) is 2.25. The minimum absolute atomic E-state index is 0.516. The van der Waals surface area contributed by atoms with Crippen LogP contribution >= 0.6 is 0 Å². The molecule has 0 aliphatic rings. The van der Waals surface area contributed by atoms with E-state index >= 15 is 0 Å². The molecule has 0 aromatic carbocycles. The first-order valence-corrected chi connectivity index (χ1v) is 7.00. The highest BCUT2D eigenvalue weighted by Gasteiger charge is 2.11. The Bertz CT molecular complexity index is 490. The summed E-state index contributed by atoms with van der Waals surface area (Å²) in [5, 5.41) is 0. The number of hydrogen-bond acceptors (Lipinski definition) is 2. The number of nitrogens with zero attached hydrogens (tertiary/aromatic N) is 2. The topological polar surface area (TPSA) is 25.8 Å². The zero-order valence-corrected chi connectivity index (χ0v) is 12.0. The minimum Gasteiger partial charge on any atom is -0.261 e. The molecule has 2 unspecified atom stereocenters. The van der Waals surface area contributed by atoms with Gasteiger partial charge in [0.15, 0.2) is 0 Å². The molecule has 0 spiro atoms. The van der Waals surface area contributed by atoms with Gasteiger partial charge in [0.1, 0.15) is 0 Å². The van der Waals surface area contributed by atoms with E-state index in [1.54, 1.807) is 0 Å². The van der Waals surface area contributed by atoms with Gasteiger partial charge in [0, 0.05) is 23.8 Å². The van der Waals surface area contributed by atoms with E-state index in [9.17, 15) is 0 Å². The van der Waals surface area contributed by atoms with Crippen LogP contribution < -0.4 is 0 Å². The van der Waals surface area contributed by atoms with E-state index in [1.807, 2.05) is 25.4 Å². The summed E-state index contributed by atoms with van der Waals surface area (Å²) in [4.78, 5) is 8.80. The molecule has 2 nitrogen and oxygen atoms in total. The Morgan fingerprint density at radius 1 is 0.947 bits per heavy atom. The smallest absolute Gasteiger partial charge is 0.0431 e. The third kappa shape index (κ3) is 3.88. The summed E-state index contributed by atoms with van der Waals surface area (Å²) in [6, 6.07) is 10.4. The van der Waals surface area contributed by atoms with Crippen molar-refractivity contribution in [1.82, 2.24) is 9.97 Å². The van der Waals surface area contributed by atoms with E-state index < -0.39 is 0 Å². The molecular weight excluding hydrogens is 232 g/mol. The molecule has 0 saturated carbocycles. The van der Waals surface area contributed by atoms with Crippen molar-refractivity contribution in [3.63, 3.8) is 0 Å². The number of hydrogen-bond donors (Lipinski definition) is 0. The van der Waals surface area contributed by atoms with Crippen molar-refractivity contribution in [1.29, 1.82) is 0 Å². The van der Waals surface area contributed by atoms with Gasteiger partial charge >= 0.3 is 0 Å². The molecule has 100 valence electrons. The maximum Gasteiger partial charge on any atom is 0.0431 e. The minimum atomic E-state index is 0.516. The first-order valence-electron chi connectivity index (χ1n) is 7.00. The van der Waals surface area contributed by atoms with Crippen LogP contribution in [0.3, 0.4) is 0 Å². The van der Waals surface area contributed by atoms with Crippen LogP contribution in [0.25, 0.3) is 0 Å². The van der Waals surface area contributed by atoms with Crippen LogP contribution in [0.5, 0.6) is 0 Å². The summed E-state index contributed by atoms with van der Waals surface area (Å²) in [6.45, 7) is 6.55. The van der Waals surface area contributed by atoms with Gasteiger partial charge in [-0.25, -0.2) is 0 Å². The predicted molar refractivity (Wildman–Crippen MR) is 79.3 cm³/mol. The van der Waals surface area contributed by atoms with E-state index in [0.717, 1.165) is 12.1 Å². The summed E-state index contributed by atoms with van der Waals surface area (Å²) in [5.41, 5.74) is 3.60. The second-order valence-electron chi connectivity index (χ2n) is 5.37. The van der Waals surface area contributed by atoms with Crippen LogP contribution in [-0.4, -0.2) is 9.97 Å². The van der Waals surface area contributed by atoms with Gasteiger partial charge in [-0.1, -0.05) is 26.0 Å². The van der Waals surface area contributed by atoms with Crippen LogP contribution in [-0.2, 0) is 0 Å². The molecule has 0 amide bonds. The highest BCUT2D eigenvalue weighted by molar-refractivity contribution is 5.17. The van der Waals surface area contributed by atoms with Gasteiger partial charge in [0.2, 0.25) is 0 Å². The molecule has 2 rings (SSSR count). The lowest BCUT2D eigenvalue weighted by molar-refractivity contribution is 0.564. The van der Waals surface area contributed by atoms with Gasteiger partial charge in [0.05, 0.1) is 0 Å². The lowest BCUT2D eigenvalue weighted by Crippen LogP contribution is -2.01. The monoisotopic (exact) mass is 254 g/mol. The van der Waals surface area contributed by atoms with Gasteiger partial charge < -0.3 is 0 Å². The Labute approximate surface area is 115 Å². The van der Waals surface area contributed by atoms with Crippen molar-refractivity contribution in [2.24, 2.45) is 0 Å². The summed E-state index contributed by atoms with van der Waals surface area (Å²) in [6.07, 6.45) is 6.21. The van der Waals surface area contributed by atoms with Crippen LogP contribution in [0.1, 0.15) is 55.5 Å². The van der Waals surface area contributed by atoms with Gasteiger partial charge in [-0.05, 0) is 55.4 Å². The first-order chi connectivity index (χ1) is 9.16. The third-order valence-corrected chi connectivity index (χ3v) is 3.73. The summed E-state index contributed by atoms with van der Waals surface area (Å²) < 4.78 is 0. The molecule has 2 aromatic heterocycles. The van der Waals surface area contributed by atoms with Gasteiger partial charge in [-0.15, -0.1) is 0 Å². The number of pyridine rings is 2. The Morgan fingerprint density at radius 3 is 2.37 bits per heavy atom. The summed E-state index contributed by atoms with van der Waals surface area (Å²) in [5.74, 6) is 1.07. The Kier molecular flexibility index (Phi) is 4.67. The van der Waals surface area contributed by atoms with Gasteiger partial charge in [-0.3, -0.25) is 9.97 Å². The van der Waals surface area contributed by atoms with Gasteiger partial charge in [-0.2, -0.15) is 0 Å². The molecule has 2 heteroatoms. The van der Waals surface area contributed by atoms with Crippen molar-refractivity contribution < 1.29 is 0 Å². The average Bonchev–Trinajstić information content (AvgIpc) is 2.46. The van der Waals surface area contributed by atoms with Crippen LogP contribution in [0.2, 0.25) is 0 Å². The van der Waals surface area contributed by atoms with E-state index in [1.165, 1.54) is 17.7 Å². The zero-order chi connectivity index (χ0) is 13.7. The normalized spacial score (nSPS) is 14.1. The molecule has 0 aliphatic carbocycles. The molecule has 0 radical (unpaired) electrons. The molecule has 0 fully saturated rings. The number of rotatable bonds is 5. The lowest BCUT2D eigenvalue weighted by Gasteiger charge is -2.15. The summed E-state index contributed by atoms with van der Waals surface area (Å²) in [7, 11) is 0. The van der Waals surface area contributed by atoms with Gasteiger partial charge in [0.25, 0.3) is 0 Å². The molecule has 2 heterocycles. The van der Waals surface area contributed by atoms with E-state index in [2.05, 4.69) is 48.1 Å². The second kappa shape index (κ2) is 6.46. The summed E-state index contributed by atoms with van der Waals surface area (Å²) >= 11 is 0. The molecule has 2 aromatic rings. The largest absolute Gasteiger partial charge is 0.261 e.